The normalized spacial score (nSPS) is 18.0. The number of halogens is 1. The van der Waals surface area contributed by atoms with Crippen molar-refractivity contribution in [3.8, 4) is 0 Å². The fourth-order valence-corrected chi connectivity index (χ4v) is 2.90. The molecule has 21 heavy (non-hydrogen) atoms. The lowest BCUT2D eigenvalue weighted by Crippen LogP contribution is -2.30. The maximum Gasteiger partial charge on any atom is 0.254 e. The Morgan fingerprint density at radius 3 is 2.43 bits per heavy atom. The SMILES string of the molecule is Cc1ccc([C@H]2CCCN2C(=O)c2ccc(F)cc2)cc1. The maximum atomic E-state index is 13.0. The molecule has 2 aromatic carbocycles. The van der Waals surface area contributed by atoms with Crippen LogP contribution in [0.25, 0.3) is 0 Å². The molecule has 0 radical (unpaired) electrons. The first-order valence-electron chi connectivity index (χ1n) is 7.28. The highest BCUT2D eigenvalue weighted by atomic mass is 19.1. The van der Waals surface area contributed by atoms with Gasteiger partial charge in [0.2, 0.25) is 0 Å². The number of benzene rings is 2. The average molecular weight is 283 g/mol. The van der Waals surface area contributed by atoms with Gasteiger partial charge >= 0.3 is 0 Å². The van der Waals surface area contributed by atoms with Gasteiger partial charge in [-0.15, -0.1) is 0 Å². The minimum Gasteiger partial charge on any atom is -0.332 e. The summed E-state index contributed by atoms with van der Waals surface area (Å²) in [6.07, 6.45) is 1.99. The Labute approximate surface area is 124 Å². The van der Waals surface area contributed by atoms with Crippen LogP contribution in [0.2, 0.25) is 0 Å². The summed E-state index contributed by atoms with van der Waals surface area (Å²) in [5, 5.41) is 0. The van der Waals surface area contributed by atoms with Gasteiger partial charge in [0.25, 0.3) is 5.91 Å². The number of nitrogens with zero attached hydrogens (tertiary/aromatic N) is 1. The third-order valence-electron chi connectivity index (χ3n) is 4.07. The van der Waals surface area contributed by atoms with Gasteiger partial charge in [0, 0.05) is 12.1 Å². The lowest BCUT2D eigenvalue weighted by atomic mass is 10.0. The molecule has 0 unspecified atom stereocenters. The zero-order valence-corrected chi connectivity index (χ0v) is 12.1. The van der Waals surface area contributed by atoms with Crippen LogP contribution in [-0.4, -0.2) is 17.4 Å². The summed E-state index contributed by atoms with van der Waals surface area (Å²) in [5.74, 6) is -0.332. The quantitative estimate of drug-likeness (QED) is 0.812. The van der Waals surface area contributed by atoms with E-state index in [1.54, 1.807) is 12.1 Å². The molecule has 1 fully saturated rings. The monoisotopic (exact) mass is 283 g/mol. The van der Waals surface area contributed by atoms with Gasteiger partial charge in [-0.1, -0.05) is 29.8 Å². The summed E-state index contributed by atoms with van der Waals surface area (Å²) in [5.41, 5.74) is 2.94. The second kappa shape index (κ2) is 5.68. The number of amides is 1. The highest BCUT2D eigenvalue weighted by Crippen LogP contribution is 2.33. The summed E-state index contributed by atoms with van der Waals surface area (Å²) in [7, 11) is 0. The van der Waals surface area contributed by atoms with Gasteiger partial charge in [-0.2, -0.15) is 0 Å². The highest BCUT2D eigenvalue weighted by Gasteiger charge is 2.30. The molecule has 0 saturated carbocycles. The number of likely N-dealkylation sites (tertiary alicyclic amines) is 1. The van der Waals surface area contributed by atoms with Gasteiger partial charge in [0.1, 0.15) is 5.82 Å². The summed E-state index contributed by atoms with van der Waals surface area (Å²) < 4.78 is 13.0. The minimum atomic E-state index is -0.317. The number of hydrogen-bond donors (Lipinski definition) is 0. The molecule has 2 aromatic rings. The van der Waals surface area contributed by atoms with Crippen LogP contribution in [0.5, 0.6) is 0 Å². The second-order valence-corrected chi connectivity index (χ2v) is 5.57. The lowest BCUT2D eigenvalue weighted by molar-refractivity contribution is 0.0735. The van der Waals surface area contributed by atoms with Crippen LogP contribution in [0, 0.1) is 12.7 Å². The first-order valence-corrected chi connectivity index (χ1v) is 7.28. The zero-order chi connectivity index (χ0) is 14.8. The van der Waals surface area contributed by atoms with Crippen molar-refractivity contribution >= 4 is 5.91 Å². The zero-order valence-electron chi connectivity index (χ0n) is 12.1. The van der Waals surface area contributed by atoms with Gasteiger partial charge in [0.05, 0.1) is 6.04 Å². The topological polar surface area (TPSA) is 20.3 Å². The fraction of sp³-hybridized carbons (Fsp3) is 0.278. The van der Waals surface area contributed by atoms with Crippen LogP contribution in [0.1, 0.15) is 40.4 Å². The number of carbonyl (C=O) groups is 1. The van der Waals surface area contributed by atoms with E-state index in [1.807, 2.05) is 4.90 Å². The molecule has 1 saturated heterocycles. The summed E-state index contributed by atoms with van der Waals surface area (Å²) in [6.45, 7) is 2.81. The van der Waals surface area contributed by atoms with E-state index in [0.29, 0.717) is 5.56 Å². The third kappa shape index (κ3) is 2.82. The summed E-state index contributed by atoms with van der Waals surface area (Å²) >= 11 is 0. The molecular weight excluding hydrogens is 265 g/mol. The molecule has 1 aliphatic heterocycles. The predicted molar refractivity (Wildman–Crippen MR) is 80.6 cm³/mol. The van der Waals surface area contributed by atoms with E-state index in [2.05, 4.69) is 31.2 Å². The molecule has 1 heterocycles. The van der Waals surface area contributed by atoms with Gasteiger partial charge in [-0.25, -0.2) is 4.39 Å². The molecule has 0 spiro atoms. The number of hydrogen-bond acceptors (Lipinski definition) is 1. The molecule has 2 nitrogen and oxygen atoms in total. The van der Waals surface area contributed by atoms with Crippen molar-refractivity contribution in [3.63, 3.8) is 0 Å². The van der Waals surface area contributed by atoms with E-state index in [9.17, 15) is 9.18 Å². The van der Waals surface area contributed by atoms with E-state index in [4.69, 9.17) is 0 Å². The Morgan fingerprint density at radius 1 is 1.10 bits per heavy atom. The van der Waals surface area contributed by atoms with Gasteiger partial charge in [0.15, 0.2) is 0 Å². The van der Waals surface area contributed by atoms with Crippen LogP contribution >= 0.6 is 0 Å². The molecule has 0 aromatic heterocycles. The summed E-state index contributed by atoms with van der Waals surface area (Å²) in [6, 6.07) is 14.3. The van der Waals surface area contributed by atoms with Crippen LogP contribution < -0.4 is 0 Å². The van der Waals surface area contributed by atoms with E-state index in [0.717, 1.165) is 19.4 Å². The van der Waals surface area contributed by atoms with Crippen LogP contribution in [-0.2, 0) is 0 Å². The third-order valence-corrected chi connectivity index (χ3v) is 4.07. The van der Waals surface area contributed by atoms with Crippen molar-refractivity contribution < 1.29 is 9.18 Å². The number of aryl methyl sites for hydroxylation is 1. The van der Waals surface area contributed by atoms with Crippen molar-refractivity contribution in [3.05, 3.63) is 71.0 Å². The molecule has 108 valence electrons. The van der Waals surface area contributed by atoms with E-state index in [-0.39, 0.29) is 17.8 Å². The van der Waals surface area contributed by atoms with Crippen molar-refractivity contribution in [2.75, 3.05) is 6.54 Å². The Hall–Kier alpha value is -2.16. The first kappa shape index (κ1) is 13.8. The lowest BCUT2D eigenvalue weighted by Gasteiger charge is -2.25. The standard InChI is InChI=1S/C18H18FNO/c1-13-4-6-14(7-5-13)17-3-2-12-20(17)18(21)15-8-10-16(19)11-9-15/h4-11,17H,2-3,12H2,1H3/t17-/m1/s1. The minimum absolute atomic E-state index is 0.0157. The summed E-state index contributed by atoms with van der Waals surface area (Å²) in [4.78, 5) is 14.5. The predicted octanol–water partition coefficient (Wildman–Crippen LogP) is 4.11. The molecular formula is C18H18FNO. The Kier molecular flexibility index (Phi) is 3.74. The molecule has 0 aliphatic carbocycles. The van der Waals surface area contributed by atoms with E-state index in [1.165, 1.54) is 23.3 Å². The molecule has 0 N–H and O–H groups in total. The highest BCUT2D eigenvalue weighted by molar-refractivity contribution is 5.94. The largest absolute Gasteiger partial charge is 0.332 e. The Bertz CT molecular complexity index is 633. The Balaban J connectivity index is 1.85. The van der Waals surface area contributed by atoms with Crippen molar-refractivity contribution in [2.45, 2.75) is 25.8 Å². The Morgan fingerprint density at radius 2 is 1.76 bits per heavy atom. The van der Waals surface area contributed by atoms with Gasteiger partial charge in [-0.3, -0.25) is 4.79 Å². The average Bonchev–Trinajstić information content (AvgIpc) is 2.97. The molecule has 1 atom stereocenters. The molecule has 3 rings (SSSR count). The molecule has 1 aliphatic rings. The van der Waals surface area contributed by atoms with E-state index >= 15 is 0 Å². The van der Waals surface area contributed by atoms with Crippen LogP contribution in [0.4, 0.5) is 4.39 Å². The van der Waals surface area contributed by atoms with E-state index < -0.39 is 0 Å². The van der Waals surface area contributed by atoms with Crippen molar-refractivity contribution in [1.82, 2.24) is 4.90 Å². The first-order chi connectivity index (χ1) is 10.1. The van der Waals surface area contributed by atoms with Crippen LogP contribution in [0.15, 0.2) is 48.5 Å². The van der Waals surface area contributed by atoms with Crippen LogP contribution in [0.3, 0.4) is 0 Å². The van der Waals surface area contributed by atoms with Gasteiger partial charge in [-0.05, 0) is 49.6 Å². The number of rotatable bonds is 2. The molecule has 0 bridgehead atoms. The molecule has 3 heteroatoms. The van der Waals surface area contributed by atoms with Crippen molar-refractivity contribution in [1.29, 1.82) is 0 Å². The number of carbonyl (C=O) groups excluding carboxylic acids is 1. The fourth-order valence-electron chi connectivity index (χ4n) is 2.90. The van der Waals surface area contributed by atoms with Gasteiger partial charge < -0.3 is 4.90 Å². The second-order valence-electron chi connectivity index (χ2n) is 5.57. The molecule has 1 amide bonds. The smallest absolute Gasteiger partial charge is 0.254 e. The maximum absolute atomic E-state index is 13.0. The van der Waals surface area contributed by atoms with Crippen molar-refractivity contribution in [2.24, 2.45) is 0 Å².